The number of aromatic nitrogens is 4. The number of nitriles is 2. The van der Waals surface area contributed by atoms with Crippen LogP contribution in [0.5, 0.6) is 0 Å². The van der Waals surface area contributed by atoms with Crippen LogP contribution in [0, 0.1) is 110 Å². The van der Waals surface area contributed by atoms with Gasteiger partial charge in [-0.25, -0.2) is 9.97 Å². The number of pyridine rings is 2. The van der Waals surface area contributed by atoms with Crippen molar-refractivity contribution >= 4 is 0 Å². The average molecular weight is 887 g/mol. The van der Waals surface area contributed by atoms with Gasteiger partial charge in [-0.2, -0.15) is 10.5 Å². The lowest BCUT2D eigenvalue weighted by Crippen LogP contribution is -2.15. The molecule has 4 aromatic carbocycles. The number of terminal acetylenes is 2. The van der Waals surface area contributed by atoms with Crippen molar-refractivity contribution < 1.29 is 0 Å². The van der Waals surface area contributed by atoms with E-state index in [0.717, 1.165) is 56.3 Å². The number of nitrogens with zero attached hydrogens (tertiary/aromatic N) is 6. The molecule has 0 saturated heterocycles. The monoisotopic (exact) mass is 887 g/mol. The molecule has 0 N–H and O–H groups in total. The highest BCUT2D eigenvalue weighted by Crippen LogP contribution is 2.21. The van der Waals surface area contributed by atoms with Gasteiger partial charge in [0.25, 0.3) is 0 Å². The summed E-state index contributed by atoms with van der Waals surface area (Å²) in [5, 5.41) is 17.0. The molecule has 6 nitrogen and oxygen atoms in total. The first-order valence-electron chi connectivity index (χ1n) is 22.1. The first kappa shape index (κ1) is 57.4. The smallest absolute Gasteiger partial charge is 0.133 e. The van der Waals surface area contributed by atoms with Crippen molar-refractivity contribution in [3.8, 4) is 36.8 Å². The molecule has 344 valence electrons. The van der Waals surface area contributed by atoms with E-state index < -0.39 is 0 Å². The standard InChI is InChI=1S/C10H15N.C10H7N.C9H14N2.C9H8.C8H11N.C8H7N.C7H8/c1-8-7-9(5-6-11-8)10(2,3)4;1-3-9-4-8(2)5-10(6-9)7-11;1-7-5-10-8(11-6-7)9(2,3)4;1-3-9-6-4-8(2)5-7-9;1-6-4-7(2)9-8(3)5-6;1-7-3-2-4-8(5-7)6-9;1-7-5-3-2-4-6-7/h5-7H,1-4H3;1,4-6H,2H3;5-6H,1-4H3;1,4-7H,2H3;4-5H,1-3H3;2-5H,1H3;2-6H,1H3. The summed E-state index contributed by atoms with van der Waals surface area (Å²) in [4.78, 5) is 16.9. The Bertz CT molecular complexity index is 2630. The van der Waals surface area contributed by atoms with Gasteiger partial charge < -0.3 is 0 Å². The van der Waals surface area contributed by atoms with Crippen LogP contribution in [0.2, 0.25) is 0 Å². The molecule has 6 heteroatoms. The van der Waals surface area contributed by atoms with Crippen LogP contribution >= 0.6 is 0 Å². The van der Waals surface area contributed by atoms with E-state index >= 15 is 0 Å². The Labute approximate surface area is 404 Å². The van der Waals surface area contributed by atoms with Gasteiger partial charge in [-0.15, -0.1) is 12.8 Å². The Morgan fingerprint density at radius 2 is 0.896 bits per heavy atom. The quantitative estimate of drug-likeness (QED) is 0.141. The average Bonchev–Trinajstić information content (AvgIpc) is 3.27. The summed E-state index contributed by atoms with van der Waals surface area (Å²) < 4.78 is 0. The van der Waals surface area contributed by atoms with Crippen molar-refractivity contribution in [2.45, 2.75) is 115 Å². The number of hydrogen-bond acceptors (Lipinski definition) is 6. The molecule has 3 aromatic heterocycles. The largest absolute Gasteiger partial charge is 0.262 e. The predicted octanol–water partition coefficient (Wildman–Crippen LogP) is 14.5. The Hall–Kier alpha value is -7.64. The van der Waals surface area contributed by atoms with Gasteiger partial charge in [0.15, 0.2) is 0 Å². The highest BCUT2D eigenvalue weighted by Gasteiger charge is 2.16. The van der Waals surface area contributed by atoms with E-state index in [9.17, 15) is 0 Å². The van der Waals surface area contributed by atoms with Crippen LogP contribution in [0.25, 0.3) is 0 Å². The van der Waals surface area contributed by atoms with Crippen LogP contribution in [-0.4, -0.2) is 19.9 Å². The van der Waals surface area contributed by atoms with Gasteiger partial charge in [0, 0.05) is 52.2 Å². The van der Waals surface area contributed by atoms with Crippen LogP contribution in [0.15, 0.2) is 140 Å². The second-order valence-electron chi connectivity index (χ2n) is 18.2. The van der Waals surface area contributed by atoms with Gasteiger partial charge >= 0.3 is 0 Å². The Morgan fingerprint density at radius 3 is 1.30 bits per heavy atom. The normalized spacial score (nSPS) is 9.66. The van der Waals surface area contributed by atoms with Gasteiger partial charge in [-0.1, -0.05) is 119 Å². The second kappa shape index (κ2) is 29.7. The lowest BCUT2D eigenvalue weighted by Gasteiger charge is -2.18. The molecule has 0 unspecified atom stereocenters. The fourth-order valence-electron chi connectivity index (χ4n) is 5.67. The molecule has 0 amide bonds. The Balaban J connectivity index is 0.000000392. The lowest BCUT2D eigenvalue weighted by molar-refractivity contribution is 0.544. The third kappa shape index (κ3) is 26.0. The van der Waals surface area contributed by atoms with Crippen molar-refractivity contribution in [3.05, 3.63) is 224 Å². The predicted molar refractivity (Wildman–Crippen MR) is 282 cm³/mol. The minimum absolute atomic E-state index is 0.0632. The van der Waals surface area contributed by atoms with E-state index in [1.807, 2.05) is 140 Å². The molecule has 0 aliphatic heterocycles. The zero-order valence-electron chi connectivity index (χ0n) is 42.6. The van der Waals surface area contributed by atoms with Crippen LogP contribution in [-0.2, 0) is 10.8 Å². The molecule has 3 heterocycles. The summed E-state index contributed by atoms with van der Waals surface area (Å²) in [5.74, 6) is 5.95. The third-order valence-corrected chi connectivity index (χ3v) is 9.12. The zero-order chi connectivity index (χ0) is 50.6. The SMILES string of the molecule is C#Cc1cc(C)cc(C#N)c1.C#Cc1ccc(C)cc1.Cc1cc(C(C)(C)C)ccn1.Cc1cc(C)nc(C)c1.Cc1cccc(C#N)c1.Cc1ccccc1.Cc1cnc(C(C)(C)C)nc1. The molecule has 0 radical (unpaired) electrons. The van der Waals surface area contributed by atoms with Gasteiger partial charge in [-0.3, -0.25) is 9.97 Å². The number of rotatable bonds is 0. The van der Waals surface area contributed by atoms with Crippen molar-refractivity contribution in [1.29, 1.82) is 10.5 Å². The lowest BCUT2D eigenvalue weighted by atomic mass is 9.87. The molecular weight excluding hydrogens is 817 g/mol. The summed E-state index contributed by atoms with van der Waals surface area (Å²) in [7, 11) is 0. The highest BCUT2D eigenvalue weighted by atomic mass is 14.9. The number of hydrogen-bond donors (Lipinski definition) is 0. The van der Waals surface area contributed by atoms with E-state index in [0.29, 0.717) is 5.56 Å². The fraction of sp³-hybridized carbons (Fsp3) is 0.279. The van der Waals surface area contributed by atoms with Gasteiger partial charge in [0.2, 0.25) is 0 Å². The second-order valence-corrected chi connectivity index (χ2v) is 18.2. The first-order valence-corrected chi connectivity index (χ1v) is 22.1. The molecule has 0 atom stereocenters. The maximum Gasteiger partial charge on any atom is 0.133 e. The summed E-state index contributed by atoms with van der Waals surface area (Å²) >= 11 is 0. The molecular formula is C61H70N6. The summed E-state index contributed by atoms with van der Waals surface area (Å²) in [5.41, 5.74) is 15.2. The van der Waals surface area contributed by atoms with Crippen LogP contribution in [0.4, 0.5) is 0 Å². The van der Waals surface area contributed by atoms with E-state index in [1.54, 1.807) is 18.2 Å². The molecule has 0 saturated carbocycles. The zero-order valence-corrected chi connectivity index (χ0v) is 42.6. The summed E-state index contributed by atoms with van der Waals surface area (Å²) in [6.07, 6.45) is 15.9. The molecule has 0 aliphatic carbocycles. The summed E-state index contributed by atoms with van der Waals surface area (Å²) in [6, 6.07) is 43.5. The van der Waals surface area contributed by atoms with Gasteiger partial charge in [0.05, 0.1) is 23.3 Å². The number of aryl methyl sites for hydroxylation is 9. The van der Waals surface area contributed by atoms with E-state index in [4.69, 9.17) is 23.4 Å². The molecule has 67 heavy (non-hydrogen) atoms. The third-order valence-electron chi connectivity index (χ3n) is 9.12. The minimum atomic E-state index is 0.0632. The van der Waals surface area contributed by atoms with Crippen molar-refractivity contribution in [2.75, 3.05) is 0 Å². The van der Waals surface area contributed by atoms with Crippen LogP contribution in [0.3, 0.4) is 0 Å². The maximum absolute atomic E-state index is 8.56. The molecule has 0 fully saturated rings. The summed E-state index contributed by atoms with van der Waals surface area (Å²) in [6.45, 7) is 31.1. The maximum atomic E-state index is 8.56. The van der Waals surface area contributed by atoms with Crippen LogP contribution in [0.1, 0.15) is 126 Å². The fourth-order valence-corrected chi connectivity index (χ4v) is 5.67. The molecule has 0 aliphatic rings. The number of benzene rings is 4. The minimum Gasteiger partial charge on any atom is -0.262 e. The molecule has 0 bridgehead atoms. The van der Waals surface area contributed by atoms with E-state index in [1.165, 1.54) is 22.3 Å². The Kier molecular flexibility index (Phi) is 25.5. The molecule has 7 rings (SSSR count). The first-order chi connectivity index (χ1) is 31.5. The van der Waals surface area contributed by atoms with Gasteiger partial charge in [-0.05, 0) is 162 Å². The van der Waals surface area contributed by atoms with Crippen molar-refractivity contribution in [1.82, 2.24) is 19.9 Å². The topological polar surface area (TPSA) is 99.1 Å². The highest BCUT2D eigenvalue weighted by molar-refractivity contribution is 5.43. The van der Waals surface area contributed by atoms with E-state index in [-0.39, 0.29) is 10.8 Å². The molecule has 7 aromatic rings. The van der Waals surface area contributed by atoms with E-state index in [2.05, 4.69) is 130 Å². The van der Waals surface area contributed by atoms with Crippen molar-refractivity contribution in [2.24, 2.45) is 0 Å². The van der Waals surface area contributed by atoms with Crippen LogP contribution < -0.4 is 0 Å². The Morgan fingerprint density at radius 1 is 0.403 bits per heavy atom. The van der Waals surface area contributed by atoms with Crippen molar-refractivity contribution in [3.63, 3.8) is 0 Å². The van der Waals surface area contributed by atoms with Gasteiger partial charge in [0.1, 0.15) is 5.82 Å². The molecule has 0 spiro atoms.